The molecule has 0 bridgehead atoms. The minimum absolute atomic E-state index is 0.443. The lowest BCUT2D eigenvalue weighted by molar-refractivity contribution is 0.470. The second-order valence-corrected chi connectivity index (χ2v) is 6.67. The number of thioether (sulfide) groups is 2. The normalized spacial score (nSPS) is 10.8. The first-order chi connectivity index (χ1) is 8.77. The first-order valence-corrected chi connectivity index (χ1v) is 8.94. The van der Waals surface area contributed by atoms with Crippen LogP contribution < -0.4 is 0 Å². The molecule has 1 aromatic carbocycles. The number of phenolic OH excluding ortho intramolecular Hbond substituents is 1. The Morgan fingerprint density at radius 3 is 2.50 bits per heavy atom. The van der Waals surface area contributed by atoms with Crippen molar-refractivity contribution in [2.24, 2.45) is 0 Å². The molecule has 18 heavy (non-hydrogen) atoms. The van der Waals surface area contributed by atoms with E-state index in [2.05, 4.69) is 19.9 Å². The first-order valence-electron chi connectivity index (χ1n) is 6.80. The SMILES string of the molecule is CCCCSCc1cc(SCCCC)ccc1O. The van der Waals surface area contributed by atoms with Crippen LogP contribution >= 0.6 is 23.5 Å². The monoisotopic (exact) mass is 284 g/mol. The number of hydrogen-bond acceptors (Lipinski definition) is 3. The van der Waals surface area contributed by atoms with Gasteiger partial charge in [0.25, 0.3) is 0 Å². The Balaban J connectivity index is 2.46. The predicted octanol–water partition coefficient (Wildman–Crippen LogP) is 5.32. The molecule has 0 saturated carbocycles. The van der Waals surface area contributed by atoms with Crippen molar-refractivity contribution in [2.45, 2.75) is 50.2 Å². The molecule has 1 nitrogen and oxygen atoms in total. The standard InChI is InChI=1S/C15H24OS2/c1-3-5-9-17-12-13-11-14(7-8-15(13)16)18-10-6-4-2/h7-8,11,16H,3-6,9-10,12H2,1-2H3. The van der Waals surface area contributed by atoms with Gasteiger partial charge in [0, 0.05) is 16.2 Å². The summed E-state index contributed by atoms with van der Waals surface area (Å²) < 4.78 is 0. The van der Waals surface area contributed by atoms with Crippen LogP contribution in [0.4, 0.5) is 0 Å². The topological polar surface area (TPSA) is 20.2 Å². The van der Waals surface area contributed by atoms with Crippen molar-refractivity contribution in [2.75, 3.05) is 11.5 Å². The zero-order valence-corrected chi connectivity index (χ0v) is 13.1. The van der Waals surface area contributed by atoms with Crippen LogP contribution in [0.3, 0.4) is 0 Å². The third-order valence-corrected chi connectivity index (χ3v) is 4.89. The molecule has 0 aliphatic heterocycles. The number of aromatic hydroxyl groups is 1. The predicted molar refractivity (Wildman–Crippen MR) is 84.8 cm³/mol. The minimum atomic E-state index is 0.443. The maximum atomic E-state index is 9.84. The molecule has 1 N–H and O–H groups in total. The summed E-state index contributed by atoms with van der Waals surface area (Å²) in [6.45, 7) is 4.43. The van der Waals surface area contributed by atoms with Gasteiger partial charge in [-0.25, -0.2) is 0 Å². The van der Waals surface area contributed by atoms with Crippen LogP contribution in [0.1, 0.15) is 45.1 Å². The molecule has 0 fully saturated rings. The zero-order valence-electron chi connectivity index (χ0n) is 11.4. The third kappa shape index (κ3) is 6.05. The summed E-state index contributed by atoms with van der Waals surface area (Å²) in [6, 6.07) is 6.01. The van der Waals surface area contributed by atoms with E-state index in [1.54, 1.807) is 0 Å². The molecule has 0 unspecified atom stereocenters. The van der Waals surface area contributed by atoms with E-state index < -0.39 is 0 Å². The van der Waals surface area contributed by atoms with E-state index in [0.717, 1.165) is 11.3 Å². The molecule has 1 aromatic rings. The number of benzene rings is 1. The van der Waals surface area contributed by atoms with E-state index in [-0.39, 0.29) is 0 Å². The van der Waals surface area contributed by atoms with E-state index in [4.69, 9.17) is 0 Å². The van der Waals surface area contributed by atoms with E-state index in [0.29, 0.717) is 5.75 Å². The van der Waals surface area contributed by atoms with Crippen molar-refractivity contribution in [1.29, 1.82) is 0 Å². The van der Waals surface area contributed by atoms with Crippen LogP contribution in [0.25, 0.3) is 0 Å². The van der Waals surface area contributed by atoms with E-state index in [9.17, 15) is 5.11 Å². The lowest BCUT2D eigenvalue weighted by Crippen LogP contribution is -1.86. The average Bonchev–Trinajstić information content (AvgIpc) is 2.38. The summed E-state index contributed by atoms with van der Waals surface area (Å²) in [6.07, 6.45) is 5.00. The van der Waals surface area contributed by atoms with E-state index >= 15 is 0 Å². The number of unbranched alkanes of at least 4 members (excludes halogenated alkanes) is 2. The molecule has 3 heteroatoms. The van der Waals surface area contributed by atoms with E-state index in [1.165, 1.54) is 42.1 Å². The summed E-state index contributed by atoms with van der Waals surface area (Å²) in [4.78, 5) is 1.28. The fraction of sp³-hybridized carbons (Fsp3) is 0.600. The van der Waals surface area contributed by atoms with Gasteiger partial charge >= 0.3 is 0 Å². The van der Waals surface area contributed by atoms with Crippen LogP contribution in [-0.4, -0.2) is 16.6 Å². The van der Waals surface area contributed by atoms with Crippen molar-refractivity contribution < 1.29 is 5.11 Å². The van der Waals surface area contributed by atoms with Gasteiger partial charge in [0.1, 0.15) is 5.75 Å². The lowest BCUT2D eigenvalue weighted by Gasteiger charge is -2.07. The van der Waals surface area contributed by atoms with Crippen molar-refractivity contribution in [3.8, 4) is 5.75 Å². The molecule has 1 rings (SSSR count). The summed E-state index contributed by atoms with van der Waals surface area (Å²) in [7, 11) is 0. The summed E-state index contributed by atoms with van der Waals surface area (Å²) in [5.41, 5.74) is 1.08. The Morgan fingerprint density at radius 1 is 1.06 bits per heavy atom. The van der Waals surface area contributed by atoms with Crippen LogP contribution in [-0.2, 0) is 5.75 Å². The highest BCUT2D eigenvalue weighted by atomic mass is 32.2. The van der Waals surface area contributed by atoms with E-state index in [1.807, 2.05) is 35.7 Å². The van der Waals surface area contributed by atoms with Gasteiger partial charge in [-0.2, -0.15) is 11.8 Å². The molecule has 0 amide bonds. The second-order valence-electron chi connectivity index (χ2n) is 4.40. The highest BCUT2D eigenvalue weighted by Gasteiger charge is 2.03. The van der Waals surface area contributed by atoms with Crippen LogP contribution in [0, 0.1) is 0 Å². The number of rotatable bonds is 9. The molecule has 0 saturated heterocycles. The third-order valence-electron chi connectivity index (χ3n) is 2.72. The molecule has 0 aliphatic carbocycles. The van der Waals surface area contributed by atoms with Crippen molar-refractivity contribution in [3.05, 3.63) is 23.8 Å². The van der Waals surface area contributed by atoms with Gasteiger partial charge in [-0.15, -0.1) is 11.8 Å². The maximum absolute atomic E-state index is 9.84. The van der Waals surface area contributed by atoms with Gasteiger partial charge in [0.05, 0.1) is 0 Å². The van der Waals surface area contributed by atoms with Gasteiger partial charge in [-0.05, 0) is 42.5 Å². The smallest absolute Gasteiger partial charge is 0.119 e. The van der Waals surface area contributed by atoms with Crippen LogP contribution in [0.5, 0.6) is 5.75 Å². The zero-order chi connectivity index (χ0) is 13.2. The molecular formula is C15H24OS2. The Morgan fingerprint density at radius 2 is 1.78 bits per heavy atom. The number of phenols is 1. The fourth-order valence-corrected chi connectivity index (χ4v) is 3.68. The van der Waals surface area contributed by atoms with Gasteiger partial charge in [0.2, 0.25) is 0 Å². The fourth-order valence-electron chi connectivity index (χ4n) is 1.53. The lowest BCUT2D eigenvalue weighted by atomic mass is 10.2. The highest BCUT2D eigenvalue weighted by Crippen LogP contribution is 2.28. The average molecular weight is 284 g/mol. The summed E-state index contributed by atoms with van der Waals surface area (Å²) in [5.74, 6) is 3.72. The van der Waals surface area contributed by atoms with Crippen molar-refractivity contribution in [3.63, 3.8) is 0 Å². The molecule has 0 radical (unpaired) electrons. The van der Waals surface area contributed by atoms with Gasteiger partial charge in [0.15, 0.2) is 0 Å². The van der Waals surface area contributed by atoms with Crippen LogP contribution in [0.15, 0.2) is 23.1 Å². The van der Waals surface area contributed by atoms with Crippen LogP contribution in [0.2, 0.25) is 0 Å². The van der Waals surface area contributed by atoms with Gasteiger partial charge in [-0.1, -0.05) is 26.7 Å². The molecule has 0 atom stereocenters. The highest BCUT2D eigenvalue weighted by molar-refractivity contribution is 7.99. The maximum Gasteiger partial charge on any atom is 0.119 e. The second kappa shape index (κ2) is 9.62. The summed E-state index contributed by atoms with van der Waals surface area (Å²) >= 11 is 3.80. The Kier molecular flexibility index (Phi) is 8.44. The quantitative estimate of drug-likeness (QED) is 0.489. The minimum Gasteiger partial charge on any atom is -0.508 e. The number of hydrogen-bond donors (Lipinski definition) is 1. The Hall–Kier alpha value is -0.280. The van der Waals surface area contributed by atoms with Crippen molar-refractivity contribution in [1.82, 2.24) is 0 Å². The molecule has 102 valence electrons. The molecule has 0 aliphatic rings. The van der Waals surface area contributed by atoms with Crippen molar-refractivity contribution >= 4 is 23.5 Å². The summed E-state index contributed by atoms with van der Waals surface area (Å²) in [5, 5.41) is 9.84. The Labute approximate surface area is 120 Å². The van der Waals surface area contributed by atoms with Gasteiger partial charge in [-0.3, -0.25) is 0 Å². The Bertz CT molecular complexity index is 339. The molecule has 0 spiro atoms. The molecule has 0 aromatic heterocycles. The van der Waals surface area contributed by atoms with Gasteiger partial charge < -0.3 is 5.11 Å². The molecule has 0 heterocycles. The molecular weight excluding hydrogens is 260 g/mol. The largest absolute Gasteiger partial charge is 0.508 e. The first kappa shape index (κ1) is 15.8.